The monoisotopic (exact) mass is 236 g/mol. The summed E-state index contributed by atoms with van der Waals surface area (Å²) in [6.45, 7) is 0. The Balaban J connectivity index is 1.89. The standard InChI is InChI=1S/C12H13ClN2O/c13-9-8-12-15-14-11(16-12)7-6-10-4-2-1-3-5-10/h1-5H,6-9H2. The Hall–Kier alpha value is -1.35. The van der Waals surface area contributed by atoms with Crippen molar-refractivity contribution in [2.24, 2.45) is 0 Å². The maximum absolute atomic E-state index is 5.59. The number of halogens is 1. The molecule has 0 bridgehead atoms. The van der Waals surface area contributed by atoms with Crippen LogP contribution in [0.1, 0.15) is 17.3 Å². The van der Waals surface area contributed by atoms with Crippen molar-refractivity contribution in [1.82, 2.24) is 10.2 Å². The third kappa shape index (κ3) is 3.07. The van der Waals surface area contributed by atoms with Crippen LogP contribution in [-0.2, 0) is 19.3 Å². The van der Waals surface area contributed by atoms with Gasteiger partial charge in [-0.2, -0.15) is 0 Å². The van der Waals surface area contributed by atoms with Gasteiger partial charge in [0.05, 0.1) is 0 Å². The molecule has 0 saturated carbocycles. The van der Waals surface area contributed by atoms with E-state index in [0.29, 0.717) is 24.1 Å². The van der Waals surface area contributed by atoms with Crippen LogP contribution in [0.3, 0.4) is 0 Å². The van der Waals surface area contributed by atoms with Crippen molar-refractivity contribution in [2.75, 3.05) is 5.88 Å². The van der Waals surface area contributed by atoms with Gasteiger partial charge in [0, 0.05) is 18.7 Å². The van der Waals surface area contributed by atoms with Gasteiger partial charge in [-0.15, -0.1) is 21.8 Å². The number of aromatic nitrogens is 2. The molecule has 0 aliphatic rings. The van der Waals surface area contributed by atoms with Crippen molar-refractivity contribution in [1.29, 1.82) is 0 Å². The van der Waals surface area contributed by atoms with Gasteiger partial charge in [0.1, 0.15) is 0 Å². The van der Waals surface area contributed by atoms with E-state index in [1.54, 1.807) is 0 Å². The van der Waals surface area contributed by atoms with E-state index in [4.69, 9.17) is 16.0 Å². The molecule has 3 nitrogen and oxygen atoms in total. The van der Waals surface area contributed by atoms with E-state index >= 15 is 0 Å². The lowest BCUT2D eigenvalue weighted by Crippen LogP contribution is -1.90. The van der Waals surface area contributed by atoms with Gasteiger partial charge in [0.25, 0.3) is 0 Å². The van der Waals surface area contributed by atoms with Gasteiger partial charge in [-0.1, -0.05) is 30.3 Å². The van der Waals surface area contributed by atoms with E-state index in [9.17, 15) is 0 Å². The molecular weight excluding hydrogens is 224 g/mol. The topological polar surface area (TPSA) is 38.9 Å². The molecule has 1 aromatic carbocycles. The Morgan fingerprint density at radius 3 is 2.31 bits per heavy atom. The predicted octanol–water partition coefficient (Wildman–Crippen LogP) is 2.64. The number of benzene rings is 1. The van der Waals surface area contributed by atoms with Crippen molar-refractivity contribution < 1.29 is 4.42 Å². The molecule has 16 heavy (non-hydrogen) atoms. The number of alkyl halides is 1. The van der Waals surface area contributed by atoms with Crippen LogP contribution in [0.5, 0.6) is 0 Å². The van der Waals surface area contributed by atoms with Crippen LogP contribution in [0.15, 0.2) is 34.7 Å². The van der Waals surface area contributed by atoms with Gasteiger partial charge in [-0.05, 0) is 12.0 Å². The molecule has 0 N–H and O–H groups in total. The lowest BCUT2D eigenvalue weighted by molar-refractivity contribution is 0.454. The molecule has 0 unspecified atom stereocenters. The fraction of sp³-hybridized carbons (Fsp3) is 0.333. The van der Waals surface area contributed by atoms with Gasteiger partial charge < -0.3 is 4.42 Å². The molecule has 4 heteroatoms. The third-order valence-electron chi connectivity index (χ3n) is 2.29. The lowest BCUT2D eigenvalue weighted by Gasteiger charge is -1.96. The second-order valence-corrected chi connectivity index (χ2v) is 3.89. The first-order valence-electron chi connectivity index (χ1n) is 5.29. The summed E-state index contributed by atoms with van der Waals surface area (Å²) in [5.74, 6) is 1.82. The highest BCUT2D eigenvalue weighted by atomic mass is 35.5. The summed E-state index contributed by atoms with van der Waals surface area (Å²) in [5.41, 5.74) is 1.28. The van der Waals surface area contributed by atoms with Crippen molar-refractivity contribution >= 4 is 11.6 Å². The average molecular weight is 237 g/mol. The molecule has 0 saturated heterocycles. The predicted molar refractivity (Wildman–Crippen MR) is 62.6 cm³/mol. The maximum Gasteiger partial charge on any atom is 0.217 e. The zero-order valence-corrected chi connectivity index (χ0v) is 9.65. The van der Waals surface area contributed by atoms with Crippen molar-refractivity contribution in [3.8, 4) is 0 Å². The molecule has 2 rings (SSSR count). The molecule has 0 amide bonds. The first-order valence-corrected chi connectivity index (χ1v) is 5.83. The zero-order chi connectivity index (χ0) is 11.2. The number of hydrogen-bond acceptors (Lipinski definition) is 3. The van der Waals surface area contributed by atoms with Crippen LogP contribution < -0.4 is 0 Å². The Kier molecular flexibility index (Phi) is 3.94. The lowest BCUT2D eigenvalue weighted by atomic mass is 10.1. The molecule has 1 heterocycles. The van der Waals surface area contributed by atoms with Gasteiger partial charge in [0.15, 0.2) is 0 Å². The first-order chi connectivity index (χ1) is 7.88. The highest BCUT2D eigenvalue weighted by molar-refractivity contribution is 6.17. The molecule has 0 aliphatic carbocycles. The largest absolute Gasteiger partial charge is 0.425 e. The van der Waals surface area contributed by atoms with Gasteiger partial charge in [0.2, 0.25) is 11.8 Å². The summed E-state index contributed by atoms with van der Waals surface area (Å²) in [4.78, 5) is 0. The Morgan fingerprint density at radius 1 is 0.938 bits per heavy atom. The maximum atomic E-state index is 5.59. The number of hydrogen-bond donors (Lipinski definition) is 0. The summed E-state index contributed by atoms with van der Waals surface area (Å²) in [6, 6.07) is 10.3. The van der Waals surface area contributed by atoms with Crippen molar-refractivity contribution in [3.05, 3.63) is 47.7 Å². The summed E-state index contributed by atoms with van der Waals surface area (Å²) in [7, 11) is 0. The van der Waals surface area contributed by atoms with Crippen LogP contribution in [-0.4, -0.2) is 16.1 Å². The van der Waals surface area contributed by atoms with Crippen LogP contribution in [0.4, 0.5) is 0 Å². The summed E-state index contributed by atoms with van der Waals surface area (Å²) >= 11 is 5.59. The van der Waals surface area contributed by atoms with Crippen LogP contribution in [0.25, 0.3) is 0 Å². The van der Waals surface area contributed by atoms with Crippen molar-refractivity contribution in [2.45, 2.75) is 19.3 Å². The van der Waals surface area contributed by atoms with E-state index in [-0.39, 0.29) is 0 Å². The molecular formula is C12H13ClN2O. The van der Waals surface area contributed by atoms with Gasteiger partial charge in [-0.3, -0.25) is 0 Å². The Labute approximate surface area is 99.5 Å². The minimum atomic E-state index is 0.514. The number of nitrogens with zero attached hydrogens (tertiary/aromatic N) is 2. The molecule has 2 aromatic rings. The summed E-state index contributed by atoms with van der Waals surface area (Å²) in [6.07, 6.45) is 2.34. The fourth-order valence-electron chi connectivity index (χ4n) is 1.47. The van der Waals surface area contributed by atoms with E-state index in [0.717, 1.165) is 12.8 Å². The third-order valence-corrected chi connectivity index (χ3v) is 2.48. The molecule has 1 aromatic heterocycles. The minimum Gasteiger partial charge on any atom is -0.425 e. The molecule has 0 spiro atoms. The van der Waals surface area contributed by atoms with Crippen LogP contribution in [0.2, 0.25) is 0 Å². The number of rotatable bonds is 5. The second kappa shape index (κ2) is 5.66. The zero-order valence-electron chi connectivity index (χ0n) is 8.90. The fourth-order valence-corrected chi connectivity index (χ4v) is 1.63. The molecule has 0 aliphatic heterocycles. The quantitative estimate of drug-likeness (QED) is 0.750. The molecule has 0 radical (unpaired) electrons. The minimum absolute atomic E-state index is 0.514. The smallest absolute Gasteiger partial charge is 0.217 e. The van der Waals surface area contributed by atoms with Gasteiger partial charge in [-0.25, -0.2) is 0 Å². The first kappa shape index (κ1) is 11.1. The normalized spacial score (nSPS) is 10.6. The average Bonchev–Trinajstić information content (AvgIpc) is 2.76. The Morgan fingerprint density at radius 2 is 1.62 bits per heavy atom. The summed E-state index contributed by atoms with van der Waals surface area (Å²) < 4.78 is 5.44. The highest BCUT2D eigenvalue weighted by Crippen LogP contribution is 2.07. The Bertz CT molecular complexity index is 428. The highest BCUT2D eigenvalue weighted by Gasteiger charge is 2.05. The summed E-state index contributed by atoms with van der Waals surface area (Å²) in [5, 5.41) is 7.89. The van der Waals surface area contributed by atoms with E-state index in [1.165, 1.54) is 5.56 Å². The molecule has 0 fully saturated rings. The van der Waals surface area contributed by atoms with Crippen molar-refractivity contribution in [3.63, 3.8) is 0 Å². The van der Waals surface area contributed by atoms with Crippen LogP contribution in [0, 0.1) is 0 Å². The van der Waals surface area contributed by atoms with E-state index in [1.807, 2.05) is 18.2 Å². The molecule has 84 valence electrons. The van der Waals surface area contributed by atoms with Gasteiger partial charge >= 0.3 is 0 Å². The SMILES string of the molecule is ClCCc1nnc(CCc2ccccc2)o1. The van der Waals surface area contributed by atoms with E-state index < -0.39 is 0 Å². The van der Waals surface area contributed by atoms with E-state index in [2.05, 4.69) is 22.3 Å². The number of aryl methyl sites for hydroxylation is 3. The molecule has 0 atom stereocenters. The second-order valence-electron chi connectivity index (χ2n) is 3.51. The van der Waals surface area contributed by atoms with Crippen LogP contribution >= 0.6 is 11.6 Å².